The van der Waals surface area contributed by atoms with E-state index in [4.69, 9.17) is 19.4 Å². The highest BCUT2D eigenvalue weighted by molar-refractivity contribution is 7.90. The number of sulfonamides is 1. The van der Waals surface area contributed by atoms with Crippen LogP contribution in [0.2, 0.25) is 0 Å². The Bertz CT molecular complexity index is 2230. The number of pyridine rings is 1. The number of carbonyl (C=O) groups is 3. The standard InChI is InChI=1S/C38H43N7O7S2.ClH/c1-22(2)40-37-43-31(21-53-37)29-18-32(26-15-14-24(51-3)16-28(26)41-29)52-25-17-30(39-20-25)35(47)44-38-19-23(38)10-6-4-5-7-13-34(46)42-27-11-8-9-12-33(27)54(49,50)45-36(38)48;/h6,8-12,14-16,18,21-23,25,30,39H,4-5,7,13,17,19-20H2,1-3H3,(H,40,43)(H,42,46)(H,44,47)(H,45,48);1H/b10-6-;/t23-,25-,30+,38-;/m1./s1. The first-order valence-electron chi connectivity index (χ1n) is 18.0. The Morgan fingerprint density at radius 2 is 1.89 bits per heavy atom. The molecule has 2 aromatic carbocycles. The van der Waals surface area contributed by atoms with Crippen LogP contribution >= 0.6 is 23.7 Å². The van der Waals surface area contributed by atoms with Gasteiger partial charge >= 0.3 is 0 Å². The normalized spacial score (nSPS) is 24.1. The number of aromatic nitrogens is 2. The van der Waals surface area contributed by atoms with Gasteiger partial charge in [0.05, 0.1) is 30.0 Å². The largest absolute Gasteiger partial charge is 0.497 e. The van der Waals surface area contributed by atoms with Crippen LogP contribution in [0.15, 0.2) is 71.0 Å². The van der Waals surface area contributed by atoms with Crippen molar-refractivity contribution < 1.29 is 32.3 Å². The fourth-order valence-corrected chi connectivity index (χ4v) is 8.84. The number of hydrogen-bond acceptors (Lipinski definition) is 12. The van der Waals surface area contributed by atoms with Crippen LogP contribution in [-0.4, -0.2) is 73.5 Å². The van der Waals surface area contributed by atoms with E-state index in [2.05, 4.69) is 26.0 Å². The minimum absolute atomic E-state index is 0. The summed E-state index contributed by atoms with van der Waals surface area (Å²) in [5.74, 6) is -0.783. The van der Waals surface area contributed by atoms with Gasteiger partial charge in [-0.3, -0.25) is 14.4 Å². The van der Waals surface area contributed by atoms with E-state index in [-0.39, 0.29) is 47.8 Å². The third-order valence-electron chi connectivity index (χ3n) is 9.70. The molecule has 17 heteroatoms. The highest BCUT2D eigenvalue weighted by Gasteiger charge is 2.61. The number of allylic oxidation sites excluding steroid dienone is 1. The van der Waals surface area contributed by atoms with E-state index in [1.165, 1.54) is 29.5 Å². The van der Waals surface area contributed by atoms with E-state index >= 15 is 0 Å². The van der Waals surface area contributed by atoms with E-state index in [9.17, 15) is 22.8 Å². The molecule has 0 radical (unpaired) electrons. The molecule has 4 heterocycles. The van der Waals surface area contributed by atoms with Crippen molar-refractivity contribution in [1.29, 1.82) is 0 Å². The topological polar surface area (TPSA) is 190 Å². The highest BCUT2D eigenvalue weighted by Crippen LogP contribution is 2.46. The minimum Gasteiger partial charge on any atom is -0.497 e. The van der Waals surface area contributed by atoms with Crippen molar-refractivity contribution in [2.24, 2.45) is 5.92 Å². The highest BCUT2D eigenvalue weighted by atomic mass is 35.5. The lowest BCUT2D eigenvalue weighted by Crippen LogP contribution is -2.55. The lowest BCUT2D eigenvalue weighted by molar-refractivity contribution is -0.130. The van der Waals surface area contributed by atoms with E-state index in [0.717, 1.165) is 16.9 Å². The Hall–Kier alpha value is -4.77. The number of nitrogens with one attached hydrogen (secondary N) is 5. The van der Waals surface area contributed by atoms with Gasteiger partial charge in [-0.25, -0.2) is 23.1 Å². The van der Waals surface area contributed by atoms with Gasteiger partial charge in [0.25, 0.3) is 15.9 Å². The van der Waals surface area contributed by atoms with Crippen molar-refractivity contribution in [2.75, 3.05) is 24.3 Å². The van der Waals surface area contributed by atoms with Gasteiger partial charge in [0.1, 0.15) is 33.7 Å². The van der Waals surface area contributed by atoms with Crippen molar-refractivity contribution >= 4 is 73.2 Å². The Morgan fingerprint density at radius 1 is 1.07 bits per heavy atom. The SMILES string of the molecule is COc1ccc2c(O[C@H]3CN[C@H](C(=O)N[C@]45C[C@H]4/C=C\CCCCC(=O)Nc4ccccc4S(=O)(=O)NC5=O)C3)cc(-c3csc(NC(C)C)n3)nc2c1.Cl. The molecule has 5 N–H and O–H groups in total. The Kier molecular flexibility index (Phi) is 12.0. The molecule has 2 aromatic heterocycles. The van der Waals surface area contributed by atoms with E-state index in [0.29, 0.717) is 54.2 Å². The molecule has 2 aliphatic heterocycles. The van der Waals surface area contributed by atoms with Crippen LogP contribution in [0.1, 0.15) is 52.4 Å². The zero-order chi connectivity index (χ0) is 38.0. The first kappa shape index (κ1) is 39.9. The van der Waals surface area contributed by atoms with Gasteiger partial charge in [-0.15, -0.1) is 23.7 Å². The molecule has 55 heavy (non-hydrogen) atoms. The zero-order valence-corrected chi connectivity index (χ0v) is 33.0. The summed E-state index contributed by atoms with van der Waals surface area (Å²) in [5, 5.41) is 15.6. The molecule has 1 aliphatic carbocycles. The number of nitrogens with zero attached hydrogens (tertiary/aromatic N) is 2. The number of hydrogen-bond donors (Lipinski definition) is 5. The number of para-hydroxylation sites is 1. The number of amides is 3. The molecule has 7 rings (SSSR count). The lowest BCUT2D eigenvalue weighted by atomic mass is 10.1. The maximum absolute atomic E-state index is 13.8. The van der Waals surface area contributed by atoms with Gasteiger partial charge < -0.3 is 30.7 Å². The molecule has 2 fully saturated rings. The molecule has 1 saturated heterocycles. The molecule has 14 nitrogen and oxygen atoms in total. The molecule has 3 aliphatic rings. The number of thiazole rings is 1. The van der Waals surface area contributed by atoms with Gasteiger partial charge in [-0.2, -0.15) is 0 Å². The summed E-state index contributed by atoms with van der Waals surface area (Å²) in [5.41, 5.74) is 0.595. The number of halogens is 1. The summed E-state index contributed by atoms with van der Waals surface area (Å²) in [7, 11) is -2.82. The average molecular weight is 810 g/mol. The van der Waals surface area contributed by atoms with E-state index in [1.54, 1.807) is 13.2 Å². The summed E-state index contributed by atoms with van der Waals surface area (Å²) in [4.78, 5) is 49.6. The molecule has 0 bridgehead atoms. The molecular formula is C38H44ClN7O7S2. The molecule has 0 unspecified atom stereocenters. The second kappa shape index (κ2) is 16.5. The van der Waals surface area contributed by atoms with Crippen LogP contribution in [0.25, 0.3) is 22.3 Å². The third-order valence-corrected chi connectivity index (χ3v) is 11.9. The number of ether oxygens (including phenoxy) is 2. The van der Waals surface area contributed by atoms with Crippen LogP contribution in [-0.2, 0) is 24.4 Å². The molecule has 4 atom stereocenters. The average Bonchev–Trinajstić information content (AvgIpc) is 3.40. The van der Waals surface area contributed by atoms with Crippen LogP contribution in [0, 0.1) is 5.92 Å². The smallest absolute Gasteiger partial charge is 0.266 e. The lowest BCUT2D eigenvalue weighted by Gasteiger charge is -2.21. The number of carbonyl (C=O) groups excluding carboxylic acids is 3. The predicted octanol–water partition coefficient (Wildman–Crippen LogP) is 5.17. The summed E-state index contributed by atoms with van der Waals surface area (Å²) in [6.07, 6.45) is 6.13. The number of fused-ring (bicyclic) bond motifs is 3. The quantitative estimate of drug-likeness (QED) is 0.148. The fraction of sp³-hybridized carbons (Fsp3) is 0.395. The van der Waals surface area contributed by atoms with Crippen molar-refractivity contribution in [3.8, 4) is 22.9 Å². The second-order valence-corrected chi connectivity index (χ2v) is 16.6. The van der Waals surface area contributed by atoms with Crippen molar-refractivity contribution in [2.45, 2.75) is 81.0 Å². The van der Waals surface area contributed by atoms with Gasteiger partial charge in [0.2, 0.25) is 11.8 Å². The van der Waals surface area contributed by atoms with Crippen molar-refractivity contribution in [3.05, 3.63) is 66.1 Å². The Balaban J connectivity index is 0.00000514. The first-order valence-corrected chi connectivity index (χ1v) is 20.4. The number of benzene rings is 2. The summed E-state index contributed by atoms with van der Waals surface area (Å²) in [6.45, 7) is 4.44. The third kappa shape index (κ3) is 8.88. The minimum atomic E-state index is -4.41. The second-order valence-electron chi connectivity index (χ2n) is 14.1. The van der Waals surface area contributed by atoms with Gasteiger partial charge in [-0.05, 0) is 63.8 Å². The number of rotatable bonds is 8. The van der Waals surface area contributed by atoms with E-state index in [1.807, 2.05) is 55.6 Å². The van der Waals surface area contributed by atoms with Gasteiger partial charge in [0, 0.05) is 54.2 Å². The monoisotopic (exact) mass is 809 g/mol. The molecule has 1 saturated carbocycles. The van der Waals surface area contributed by atoms with Gasteiger partial charge in [0.15, 0.2) is 5.13 Å². The maximum atomic E-state index is 13.8. The molecule has 4 aromatic rings. The van der Waals surface area contributed by atoms with Crippen LogP contribution in [0.5, 0.6) is 11.5 Å². The molecular weight excluding hydrogens is 766 g/mol. The summed E-state index contributed by atoms with van der Waals surface area (Å²) < 4.78 is 41.3. The fourth-order valence-electron chi connectivity index (χ4n) is 6.79. The predicted molar refractivity (Wildman–Crippen MR) is 213 cm³/mol. The Morgan fingerprint density at radius 3 is 2.69 bits per heavy atom. The first-order chi connectivity index (χ1) is 25.9. The molecule has 0 spiro atoms. The summed E-state index contributed by atoms with van der Waals surface area (Å²) >= 11 is 1.49. The van der Waals surface area contributed by atoms with Crippen molar-refractivity contribution in [3.63, 3.8) is 0 Å². The van der Waals surface area contributed by atoms with E-state index < -0.39 is 45.4 Å². The number of anilines is 2. The number of methoxy groups -OCH3 is 1. The maximum Gasteiger partial charge on any atom is 0.266 e. The van der Waals surface area contributed by atoms with Crippen LogP contribution in [0.4, 0.5) is 10.8 Å². The summed E-state index contributed by atoms with van der Waals surface area (Å²) in [6, 6.07) is 12.8. The molecule has 3 amide bonds. The van der Waals surface area contributed by atoms with Crippen LogP contribution < -0.4 is 35.5 Å². The van der Waals surface area contributed by atoms with Gasteiger partial charge in [-0.1, -0.05) is 24.3 Å². The van der Waals surface area contributed by atoms with Crippen molar-refractivity contribution in [1.82, 2.24) is 25.3 Å². The van der Waals surface area contributed by atoms with Crippen LogP contribution in [0.3, 0.4) is 0 Å². The Labute approximate surface area is 329 Å². The molecule has 292 valence electrons. The zero-order valence-electron chi connectivity index (χ0n) is 30.6.